The first-order valence-electron chi connectivity index (χ1n) is 29.2. The van der Waals surface area contributed by atoms with Crippen LogP contribution >= 0.6 is 0 Å². The van der Waals surface area contributed by atoms with Crippen molar-refractivity contribution in [1.29, 1.82) is 0 Å². The van der Waals surface area contributed by atoms with E-state index in [1.165, 1.54) is 66.8 Å². The minimum atomic E-state index is 0.882. The summed E-state index contributed by atoms with van der Waals surface area (Å²) < 4.78 is 0. The number of rotatable bonds is 12. The van der Waals surface area contributed by atoms with E-state index >= 15 is 0 Å². The largest absolute Gasteiger partial charge is 0.354 e. The topological polar surface area (TPSA) is 144 Å². The van der Waals surface area contributed by atoms with E-state index in [4.69, 9.17) is 20.0 Å². The van der Waals surface area contributed by atoms with Gasteiger partial charge < -0.3 is 29.9 Å². The molecule has 78 heavy (non-hydrogen) atoms. The third kappa shape index (κ3) is 9.30. The molecular weight excluding hydrogens is 957 g/mol. The van der Waals surface area contributed by atoms with Crippen molar-refractivity contribution in [2.75, 3.05) is 0 Å². The van der Waals surface area contributed by atoms with Crippen molar-refractivity contribution < 1.29 is 0 Å². The van der Waals surface area contributed by atoms with Crippen LogP contribution in [0.1, 0.15) is 154 Å². The van der Waals surface area contributed by atoms with Crippen molar-refractivity contribution in [3.8, 4) is 0 Å². The normalized spacial score (nSPS) is 16.2. The Morgan fingerprint density at radius 1 is 0.359 bits per heavy atom. The van der Waals surface area contributed by atoms with Gasteiger partial charge in [-0.2, -0.15) is 0 Å². The van der Waals surface area contributed by atoms with Gasteiger partial charge in [0.1, 0.15) is 0 Å². The number of aliphatic imine (C=N–C) groups is 4. The Morgan fingerprint density at radius 2 is 0.744 bits per heavy atom. The van der Waals surface area contributed by atoms with Crippen LogP contribution in [0.3, 0.4) is 0 Å². The highest BCUT2D eigenvalue weighted by Crippen LogP contribution is 2.30. The SMILES string of the molecule is CCCC1=CC2=c3ccc([nH]3)=c3cc(CCC)c([nH]3)=CC3=NC(=c4[nH]c(c(CC)c4C)=CC4=NC(=c5ccc([nH]5)=c5cc(CCC)c([nH]5)=CC5=NC(=c6[nH]c(c(CC)c6C)=CC1=N2)C(C)=C5CC)C=C4CCC)C(C)=C3CC. The second-order valence-corrected chi connectivity index (χ2v) is 21.8. The van der Waals surface area contributed by atoms with Crippen LogP contribution in [0.2, 0.25) is 0 Å². The van der Waals surface area contributed by atoms with Crippen LogP contribution < -0.4 is 42.8 Å². The lowest BCUT2D eigenvalue weighted by Gasteiger charge is -2.01. The molecule has 0 amide bonds. The van der Waals surface area contributed by atoms with E-state index in [1.807, 2.05) is 0 Å². The van der Waals surface area contributed by atoms with E-state index in [-0.39, 0.29) is 0 Å². The Kier molecular flexibility index (Phi) is 14.5. The number of aromatic nitrogens is 6. The Balaban J connectivity index is 1.20. The van der Waals surface area contributed by atoms with Crippen LogP contribution in [0.5, 0.6) is 0 Å². The fraction of sp³-hybridized carbons (Fsp3) is 0.353. The number of hydrogen-bond acceptors (Lipinski definition) is 4. The van der Waals surface area contributed by atoms with Crippen molar-refractivity contribution >= 4 is 69.9 Å². The number of aryl methyl sites for hydroxylation is 2. The van der Waals surface area contributed by atoms with Gasteiger partial charge in [-0.1, -0.05) is 81.1 Å². The van der Waals surface area contributed by atoms with E-state index in [0.717, 1.165) is 187 Å². The quantitative estimate of drug-likeness (QED) is 0.0696. The summed E-state index contributed by atoms with van der Waals surface area (Å²) >= 11 is 0. The zero-order valence-electron chi connectivity index (χ0n) is 48.2. The highest BCUT2D eigenvalue weighted by atomic mass is 14.9. The summed E-state index contributed by atoms with van der Waals surface area (Å²) in [6, 6.07) is 13.4. The Labute approximate surface area is 457 Å². The number of fused-ring (bicyclic) bond motifs is 16. The summed E-state index contributed by atoms with van der Waals surface area (Å²) in [5.74, 6) is 0. The number of aromatic amines is 6. The first-order chi connectivity index (χ1) is 37.9. The minimum absolute atomic E-state index is 0.882. The highest BCUT2D eigenvalue weighted by Gasteiger charge is 2.24. The van der Waals surface area contributed by atoms with Gasteiger partial charge in [-0.3, -0.25) is 0 Å². The van der Waals surface area contributed by atoms with Crippen LogP contribution in [0.25, 0.3) is 47.1 Å². The predicted molar refractivity (Wildman–Crippen MR) is 327 cm³/mol. The first kappa shape index (κ1) is 52.3. The fourth-order valence-electron chi connectivity index (χ4n) is 12.7. The zero-order valence-corrected chi connectivity index (χ0v) is 48.2. The van der Waals surface area contributed by atoms with Gasteiger partial charge in [-0.15, -0.1) is 0 Å². The highest BCUT2D eigenvalue weighted by molar-refractivity contribution is 6.27. The molecule has 5 aliphatic rings. The average molecular weight is 1040 g/mol. The summed E-state index contributed by atoms with van der Waals surface area (Å²) in [5.41, 5.74) is 23.2. The fourth-order valence-corrected chi connectivity index (χ4v) is 12.7. The molecule has 0 radical (unpaired) electrons. The van der Waals surface area contributed by atoms with Gasteiger partial charge in [0.2, 0.25) is 0 Å². The average Bonchev–Trinajstić information content (AvgIpc) is 4.40. The van der Waals surface area contributed by atoms with Crippen molar-refractivity contribution in [2.24, 2.45) is 20.0 Å². The zero-order chi connectivity index (χ0) is 54.5. The van der Waals surface area contributed by atoms with Gasteiger partial charge in [-0.25, -0.2) is 20.0 Å². The van der Waals surface area contributed by atoms with Crippen LogP contribution in [0.4, 0.5) is 0 Å². The van der Waals surface area contributed by atoms with E-state index in [9.17, 15) is 0 Å². The van der Waals surface area contributed by atoms with Crippen molar-refractivity contribution in [3.05, 3.63) is 180 Å². The molecule has 0 fully saturated rings. The second-order valence-electron chi connectivity index (χ2n) is 21.8. The minimum Gasteiger partial charge on any atom is -0.354 e. The molecule has 0 unspecified atom stereocenters. The number of nitrogens with zero attached hydrogens (tertiary/aromatic N) is 4. The Morgan fingerprint density at radius 3 is 1.12 bits per heavy atom. The van der Waals surface area contributed by atoms with E-state index in [2.05, 4.69) is 186 Å². The van der Waals surface area contributed by atoms with Crippen LogP contribution in [0.15, 0.2) is 102 Å². The molecule has 0 saturated carbocycles. The third-order valence-electron chi connectivity index (χ3n) is 16.7. The van der Waals surface area contributed by atoms with E-state index < -0.39 is 0 Å². The third-order valence-corrected chi connectivity index (χ3v) is 16.7. The molecule has 11 heterocycles. The first-order valence-corrected chi connectivity index (χ1v) is 29.2. The van der Waals surface area contributed by atoms with Gasteiger partial charge in [-0.05, 0) is 219 Å². The molecule has 6 aromatic heterocycles. The summed E-state index contributed by atoms with van der Waals surface area (Å²) in [5, 5.41) is 12.8. The summed E-state index contributed by atoms with van der Waals surface area (Å²) in [6.45, 7) is 27.0. The summed E-state index contributed by atoms with van der Waals surface area (Å²) in [6.07, 6.45) is 25.2. The van der Waals surface area contributed by atoms with Crippen LogP contribution in [-0.4, -0.2) is 52.8 Å². The number of nitrogens with one attached hydrogen (secondary N) is 6. The molecule has 6 N–H and O–H groups in total. The molecule has 10 nitrogen and oxygen atoms in total. The molecule has 0 aliphatic carbocycles. The molecule has 20 bridgehead atoms. The van der Waals surface area contributed by atoms with Gasteiger partial charge in [0.15, 0.2) is 0 Å². The lowest BCUT2D eigenvalue weighted by molar-refractivity contribution is 0.916. The second kappa shape index (κ2) is 21.6. The lowest BCUT2D eigenvalue weighted by Crippen LogP contribution is -2.16. The lowest BCUT2D eigenvalue weighted by atomic mass is 10.0. The number of H-pyrrole nitrogens is 6. The molecular formula is C68H78N10. The molecule has 10 heteroatoms. The van der Waals surface area contributed by atoms with Gasteiger partial charge in [0.05, 0.1) is 88.4 Å². The van der Waals surface area contributed by atoms with Gasteiger partial charge >= 0.3 is 0 Å². The number of hydrogen-bond donors (Lipinski definition) is 6. The molecule has 0 spiro atoms. The van der Waals surface area contributed by atoms with Crippen molar-refractivity contribution in [2.45, 2.75) is 160 Å². The summed E-state index contributed by atoms with van der Waals surface area (Å²) in [7, 11) is 0. The summed E-state index contributed by atoms with van der Waals surface area (Å²) in [4.78, 5) is 44.9. The molecule has 5 aliphatic heterocycles. The number of allylic oxidation sites excluding steroid dienone is 4. The smallest absolute Gasteiger partial charge is 0.0907 e. The van der Waals surface area contributed by atoms with E-state index in [1.54, 1.807) is 0 Å². The van der Waals surface area contributed by atoms with Crippen molar-refractivity contribution in [1.82, 2.24) is 29.9 Å². The molecule has 6 aromatic rings. The molecule has 0 aromatic carbocycles. The van der Waals surface area contributed by atoms with Crippen LogP contribution in [-0.2, 0) is 25.7 Å². The van der Waals surface area contributed by atoms with E-state index in [0.29, 0.717) is 0 Å². The maximum absolute atomic E-state index is 5.50. The maximum Gasteiger partial charge on any atom is 0.0907 e. The predicted octanol–water partition coefficient (Wildman–Crippen LogP) is 9.27. The Bertz CT molecular complexity index is 4210. The van der Waals surface area contributed by atoms with Crippen molar-refractivity contribution in [3.63, 3.8) is 0 Å². The van der Waals surface area contributed by atoms with Gasteiger partial charge in [0, 0.05) is 21.4 Å². The van der Waals surface area contributed by atoms with Crippen LogP contribution in [0, 0.1) is 35.2 Å². The van der Waals surface area contributed by atoms with Gasteiger partial charge in [0.25, 0.3) is 0 Å². The molecule has 0 atom stereocenters. The monoisotopic (exact) mass is 1030 g/mol. The molecule has 400 valence electrons. The molecule has 11 rings (SSSR count). The standard InChI is InChI=1S/C68H78N10/c1-13-21-41-29-61-49-25-26-50(69-49)62-30-42(22-14-2)54(72-62)34-59-47(19-7)39(11)67(77-59)68-40(12)48(20-8)60(78-68)36-56-44(24-16-4)32-64(74-56)52-28-27-51(70-52)63-31-43(23-15-3)55(73-63)35-58-46(18-6)38(10)66(76-58)65-37(9)45(17-5)57(75-65)33-53(41)71-61/h25-36,69-71,74,76-77H,13-24H2,1-12H3. The molecule has 0 saturated heterocycles. The Hall–Kier alpha value is -7.72. The maximum atomic E-state index is 5.50.